The largest absolute Gasteiger partial charge is 0.398 e. The molecule has 0 atom stereocenters. The first-order chi connectivity index (χ1) is 8.17. The highest BCUT2D eigenvalue weighted by molar-refractivity contribution is 6.33. The Morgan fingerprint density at radius 1 is 1.41 bits per heavy atom. The predicted octanol–water partition coefficient (Wildman–Crippen LogP) is 1.36. The van der Waals surface area contributed by atoms with E-state index < -0.39 is 0 Å². The first-order valence-corrected chi connectivity index (χ1v) is 5.91. The minimum Gasteiger partial charge on any atom is -0.398 e. The number of nitrogens with zero attached hydrogens (tertiary/aromatic N) is 1. The number of nitrogen functional groups attached to an aromatic ring is 1. The Kier molecular flexibility index (Phi) is 6.29. The van der Waals surface area contributed by atoms with Gasteiger partial charge in [-0.05, 0) is 17.7 Å². The zero-order chi connectivity index (χ0) is 12.7. The molecule has 1 aromatic rings. The molecule has 0 spiro atoms. The van der Waals surface area contributed by atoms with Crippen molar-refractivity contribution < 1.29 is 9.84 Å². The van der Waals surface area contributed by atoms with Gasteiger partial charge < -0.3 is 15.6 Å². The number of rotatable bonds is 7. The molecule has 1 rings (SSSR count). The Hall–Kier alpha value is -0.810. The number of hydrogen-bond donors (Lipinski definition) is 2. The predicted molar refractivity (Wildman–Crippen MR) is 70.1 cm³/mol. The van der Waals surface area contributed by atoms with E-state index in [1.165, 1.54) is 0 Å². The molecule has 0 heterocycles. The van der Waals surface area contributed by atoms with Crippen molar-refractivity contribution in [2.24, 2.45) is 0 Å². The zero-order valence-electron chi connectivity index (χ0n) is 10.0. The topological polar surface area (TPSA) is 58.7 Å². The Labute approximate surface area is 107 Å². The third-order valence-electron chi connectivity index (χ3n) is 2.49. The second-order valence-corrected chi connectivity index (χ2v) is 4.26. The van der Waals surface area contributed by atoms with Crippen LogP contribution in [0.5, 0.6) is 0 Å². The molecule has 0 aliphatic rings. The molecular weight excluding hydrogens is 240 g/mol. The number of aliphatic hydroxyl groups is 1. The molecular formula is C12H19ClN2O2. The molecule has 96 valence electrons. The van der Waals surface area contributed by atoms with Crippen LogP contribution < -0.4 is 5.73 Å². The van der Waals surface area contributed by atoms with Crippen LogP contribution in [0.15, 0.2) is 18.2 Å². The van der Waals surface area contributed by atoms with E-state index in [2.05, 4.69) is 4.90 Å². The van der Waals surface area contributed by atoms with Crippen LogP contribution in [-0.2, 0) is 11.3 Å². The molecule has 0 unspecified atom stereocenters. The van der Waals surface area contributed by atoms with E-state index in [0.717, 1.165) is 18.7 Å². The van der Waals surface area contributed by atoms with Gasteiger partial charge in [-0.25, -0.2) is 0 Å². The van der Waals surface area contributed by atoms with Gasteiger partial charge in [0.1, 0.15) is 0 Å². The molecule has 0 saturated carbocycles. The van der Waals surface area contributed by atoms with Gasteiger partial charge in [0.15, 0.2) is 0 Å². The number of anilines is 1. The lowest BCUT2D eigenvalue weighted by Crippen LogP contribution is -2.29. The van der Waals surface area contributed by atoms with E-state index in [0.29, 0.717) is 23.9 Å². The molecule has 0 radical (unpaired) electrons. The van der Waals surface area contributed by atoms with Crippen molar-refractivity contribution in [1.82, 2.24) is 4.90 Å². The number of halogens is 1. The van der Waals surface area contributed by atoms with E-state index in [1.54, 1.807) is 13.2 Å². The molecule has 1 aromatic carbocycles. The standard InChI is InChI=1S/C12H19ClN2O2/c1-17-7-5-15(4-6-16)9-10-2-3-11(13)12(14)8-10/h2-3,8,16H,4-7,9,14H2,1H3. The van der Waals surface area contributed by atoms with Gasteiger partial charge in [-0.2, -0.15) is 0 Å². The van der Waals surface area contributed by atoms with Crippen LogP contribution in [0.25, 0.3) is 0 Å². The van der Waals surface area contributed by atoms with Gasteiger partial charge in [0, 0.05) is 26.7 Å². The van der Waals surface area contributed by atoms with Crippen molar-refractivity contribution >= 4 is 17.3 Å². The third-order valence-corrected chi connectivity index (χ3v) is 2.84. The number of aliphatic hydroxyl groups excluding tert-OH is 1. The average molecular weight is 259 g/mol. The van der Waals surface area contributed by atoms with Crippen LogP contribution >= 0.6 is 11.6 Å². The molecule has 3 N–H and O–H groups in total. The first-order valence-electron chi connectivity index (χ1n) is 5.53. The normalized spacial score (nSPS) is 11.1. The van der Waals surface area contributed by atoms with Gasteiger partial charge in [0.05, 0.1) is 23.9 Å². The highest BCUT2D eigenvalue weighted by Crippen LogP contribution is 2.20. The average Bonchev–Trinajstić information content (AvgIpc) is 2.31. The monoisotopic (exact) mass is 258 g/mol. The summed E-state index contributed by atoms with van der Waals surface area (Å²) in [6.07, 6.45) is 0. The molecule has 0 saturated heterocycles. The molecule has 4 nitrogen and oxygen atoms in total. The lowest BCUT2D eigenvalue weighted by Gasteiger charge is -2.21. The highest BCUT2D eigenvalue weighted by atomic mass is 35.5. The highest BCUT2D eigenvalue weighted by Gasteiger charge is 2.06. The fourth-order valence-electron chi connectivity index (χ4n) is 1.58. The van der Waals surface area contributed by atoms with Crippen LogP contribution in [0.4, 0.5) is 5.69 Å². The van der Waals surface area contributed by atoms with Gasteiger partial charge in [0.2, 0.25) is 0 Å². The van der Waals surface area contributed by atoms with E-state index in [1.807, 2.05) is 12.1 Å². The molecule has 0 bridgehead atoms. The van der Waals surface area contributed by atoms with Crippen LogP contribution in [0, 0.1) is 0 Å². The smallest absolute Gasteiger partial charge is 0.0635 e. The van der Waals surface area contributed by atoms with Crippen LogP contribution in [0.2, 0.25) is 5.02 Å². The van der Waals surface area contributed by atoms with Gasteiger partial charge in [-0.3, -0.25) is 4.90 Å². The minimum absolute atomic E-state index is 0.132. The van der Waals surface area contributed by atoms with Gasteiger partial charge in [-0.1, -0.05) is 17.7 Å². The maximum absolute atomic E-state index is 8.98. The number of methoxy groups -OCH3 is 1. The summed E-state index contributed by atoms with van der Waals surface area (Å²) in [5.74, 6) is 0. The fourth-order valence-corrected chi connectivity index (χ4v) is 1.70. The minimum atomic E-state index is 0.132. The maximum Gasteiger partial charge on any atom is 0.0635 e. The van der Waals surface area contributed by atoms with Crippen LogP contribution in [0.1, 0.15) is 5.56 Å². The number of nitrogens with two attached hydrogens (primary N) is 1. The molecule has 0 aliphatic carbocycles. The maximum atomic E-state index is 8.98. The molecule has 0 fully saturated rings. The summed E-state index contributed by atoms with van der Waals surface area (Å²) in [6.45, 7) is 2.90. The van der Waals surface area contributed by atoms with E-state index in [-0.39, 0.29) is 6.61 Å². The second-order valence-electron chi connectivity index (χ2n) is 3.85. The summed E-state index contributed by atoms with van der Waals surface area (Å²) in [7, 11) is 1.66. The number of ether oxygens (including phenoxy) is 1. The summed E-state index contributed by atoms with van der Waals surface area (Å²) >= 11 is 5.86. The van der Waals surface area contributed by atoms with Crippen molar-refractivity contribution in [2.45, 2.75) is 6.54 Å². The van der Waals surface area contributed by atoms with Crippen molar-refractivity contribution in [3.63, 3.8) is 0 Å². The first kappa shape index (κ1) is 14.3. The second kappa shape index (κ2) is 7.50. The summed E-state index contributed by atoms with van der Waals surface area (Å²) in [4.78, 5) is 2.10. The SMILES string of the molecule is COCCN(CCO)Cc1ccc(Cl)c(N)c1. The van der Waals surface area contributed by atoms with Gasteiger partial charge in [-0.15, -0.1) is 0 Å². The van der Waals surface area contributed by atoms with Gasteiger partial charge in [0.25, 0.3) is 0 Å². The third kappa shape index (κ3) is 4.91. The number of hydrogen-bond acceptors (Lipinski definition) is 4. The van der Waals surface area contributed by atoms with E-state index >= 15 is 0 Å². The van der Waals surface area contributed by atoms with Crippen molar-refractivity contribution in [1.29, 1.82) is 0 Å². The van der Waals surface area contributed by atoms with Crippen LogP contribution in [-0.4, -0.2) is 43.4 Å². The van der Waals surface area contributed by atoms with Crippen LogP contribution in [0.3, 0.4) is 0 Å². The number of benzene rings is 1. The molecule has 0 aromatic heterocycles. The Bertz CT molecular complexity index is 347. The Morgan fingerprint density at radius 3 is 2.76 bits per heavy atom. The van der Waals surface area contributed by atoms with E-state index in [4.69, 9.17) is 27.2 Å². The van der Waals surface area contributed by atoms with Crippen molar-refractivity contribution in [2.75, 3.05) is 39.1 Å². The summed E-state index contributed by atoms with van der Waals surface area (Å²) in [5, 5.41) is 9.55. The quantitative estimate of drug-likeness (QED) is 0.725. The van der Waals surface area contributed by atoms with Crippen molar-refractivity contribution in [3.05, 3.63) is 28.8 Å². The molecule has 17 heavy (non-hydrogen) atoms. The van der Waals surface area contributed by atoms with E-state index in [9.17, 15) is 0 Å². The molecule has 0 amide bonds. The summed E-state index contributed by atoms with van der Waals surface area (Å²) in [6, 6.07) is 5.59. The Balaban J connectivity index is 2.61. The Morgan fingerprint density at radius 2 is 2.18 bits per heavy atom. The zero-order valence-corrected chi connectivity index (χ0v) is 10.8. The lowest BCUT2D eigenvalue weighted by atomic mass is 10.2. The molecule has 0 aliphatic heterocycles. The summed E-state index contributed by atoms with van der Waals surface area (Å²) in [5.41, 5.74) is 7.41. The fraction of sp³-hybridized carbons (Fsp3) is 0.500. The lowest BCUT2D eigenvalue weighted by molar-refractivity contribution is 0.127. The molecule has 5 heteroatoms. The summed E-state index contributed by atoms with van der Waals surface area (Å²) < 4.78 is 5.03. The van der Waals surface area contributed by atoms with Gasteiger partial charge >= 0.3 is 0 Å². The van der Waals surface area contributed by atoms with Crippen molar-refractivity contribution in [3.8, 4) is 0 Å².